The van der Waals surface area contributed by atoms with Crippen LogP contribution in [0.25, 0.3) is 74.9 Å². The fourth-order valence-electron chi connectivity index (χ4n) is 7.47. The largest absolute Gasteiger partial charge is 0.310 e. The lowest BCUT2D eigenvalue weighted by atomic mass is 9.95. The van der Waals surface area contributed by atoms with E-state index in [1.807, 2.05) is 12.3 Å². The topological polar surface area (TPSA) is 16.1 Å². The van der Waals surface area contributed by atoms with Gasteiger partial charge in [0.05, 0.1) is 15.9 Å². The lowest BCUT2D eigenvalue weighted by Crippen LogP contribution is -2.10. The molecule has 2 heterocycles. The van der Waals surface area contributed by atoms with Gasteiger partial charge < -0.3 is 4.90 Å². The molecule has 234 valence electrons. The van der Waals surface area contributed by atoms with Gasteiger partial charge in [-0.3, -0.25) is 4.98 Å². The Bertz CT molecular complexity index is 2850. The number of anilines is 3. The quantitative estimate of drug-likeness (QED) is 0.172. The minimum absolute atomic E-state index is 1.08. The Balaban J connectivity index is 1.16. The fraction of sp³-hybridized carbons (Fsp3) is 0. The molecule has 0 N–H and O–H groups in total. The third-order valence-electron chi connectivity index (χ3n) is 9.90. The number of thiophene rings is 1. The van der Waals surface area contributed by atoms with E-state index in [0.717, 1.165) is 22.6 Å². The second-order valence-electron chi connectivity index (χ2n) is 12.8. The maximum absolute atomic E-state index is 4.70. The Morgan fingerprint density at radius 1 is 0.380 bits per heavy atom. The number of rotatable bonds is 5. The predicted molar refractivity (Wildman–Crippen MR) is 215 cm³/mol. The summed E-state index contributed by atoms with van der Waals surface area (Å²) in [5.74, 6) is 0. The van der Waals surface area contributed by atoms with Crippen LogP contribution in [0.5, 0.6) is 0 Å². The molecule has 2 nitrogen and oxygen atoms in total. The van der Waals surface area contributed by atoms with Gasteiger partial charge in [0.15, 0.2) is 0 Å². The molecule has 50 heavy (non-hydrogen) atoms. The summed E-state index contributed by atoms with van der Waals surface area (Å²) in [6.07, 6.45) is 1.89. The van der Waals surface area contributed by atoms with Crippen molar-refractivity contribution in [1.29, 1.82) is 0 Å². The molecule has 0 atom stereocenters. The first-order valence-corrected chi connectivity index (χ1v) is 17.8. The highest BCUT2D eigenvalue weighted by Crippen LogP contribution is 2.44. The molecule has 0 unspecified atom stereocenters. The zero-order valence-corrected chi connectivity index (χ0v) is 27.9. The number of hydrogen-bond donors (Lipinski definition) is 0. The lowest BCUT2D eigenvalue weighted by Gasteiger charge is -2.28. The molecule has 0 aliphatic carbocycles. The Morgan fingerprint density at radius 3 is 1.78 bits per heavy atom. The van der Waals surface area contributed by atoms with Crippen molar-refractivity contribution in [2.24, 2.45) is 0 Å². The van der Waals surface area contributed by atoms with Crippen LogP contribution in [0.15, 0.2) is 182 Å². The van der Waals surface area contributed by atoms with Gasteiger partial charge in [-0.15, -0.1) is 11.3 Å². The number of fused-ring (bicyclic) bond motifs is 8. The van der Waals surface area contributed by atoms with Crippen molar-refractivity contribution in [1.82, 2.24) is 4.98 Å². The molecule has 2 aromatic heterocycles. The van der Waals surface area contributed by atoms with E-state index in [2.05, 4.69) is 175 Å². The summed E-state index contributed by atoms with van der Waals surface area (Å²) in [6.45, 7) is 0. The average Bonchev–Trinajstić information content (AvgIpc) is 3.57. The van der Waals surface area contributed by atoms with Gasteiger partial charge in [0.25, 0.3) is 0 Å². The van der Waals surface area contributed by atoms with Crippen molar-refractivity contribution in [2.75, 3.05) is 4.90 Å². The summed E-state index contributed by atoms with van der Waals surface area (Å²) in [5, 5.41) is 8.70. The SMILES string of the molecule is c1ccc(-c2ccc(N(c3ccc(-c4ccc5sc6cccnc6c5c4)cc3)c3cc4c5ccccc5ccc4c4ccccc34)cc2)cc1. The molecule has 8 aromatic carbocycles. The zero-order chi connectivity index (χ0) is 33.0. The van der Waals surface area contributed by atoms with Crippen molar-refractivity contribution < 1.29 is 0 Å². The van der Waals surface area contributed by atoms with E-state index in [1.54, 1.807) is 11.3 Å². The number of pyridine rings is 1. The predicted octanol–water partition coefficient (Wildman–Crippen LogP) is 13.7. The number of nitrogens with zero attached hydrogens (tertiary/aromatic N) is 2. The van der Waals surface area contributed by atoms with Crippen LogP contribution < -0.4 is 4.90 Å². The van der Waals surface area contributed by atoms with Gasteiger partial charge in [-0.05, 0) is 104 Å². The summed E-state index contributed by atoms with van der Waals surface area (Å²) in [4.78, 5) is 7.12. The summed E-state index contributed by atoms with van der Waals surface area (Å²) < 4.78 is 2.49. The summed E-state index contributed by atoms with van der Waals surface area (Å²) in [6, 6.07) is 63.9. The summed E-state index contributed by atoms with van der Waals surface area (Å²) in [5.41, 5.74) is 9.23. The highest BCUT2D eigenvalue weighted by molar-refractivity contribution is 7.25. The standard InChI is InChI=1S/C47H30N2S/c1-2-9-31(10-3-1)32-16-22-36(23-17-32)49(44-30-42-38-12-5-4-11-34(38)20-26-40(42)39-13-6-7-14-41(39)44)37-24-18-33(19-25-37)35-21-27-45-43(29-35)47-46(50-45)15-8-28-48-47/h1-30H. The average molecular weight is 655 g/mol. The minimum Gasteiger partial charge on any atom is -0.310 e. The van der Waals surface area contributed by atoms with Gasteiger partial charge in [0, 0.05) is 33.0 Å². The summed E-state index contributed by atoms with van der Waals surface area (Å²) in [7, 11) is 0. The molecule has 0 spiro atoms. The Hall–Kier alpha value is -6.29. The highest BCUT2D eigenvalue weighted by Gasteiger charge is 2.19. The van der Waals surface area contributed by atoms with E-state index >= 15 is 0 Å². The van der Waals surface area contributed by atoms with E-state index in [0.29, 0.717) is 0 Å². The Morgan fingerprint density at radius 2 is 1.00 bits per heavy atom. The van der Waals surface area contributed by atoms with Crippen LogP contribution >= 0.6 is 11.3 Å². The van der Waals surface area contributed by atoms with E-state index < -0.39 is 0 Å². The molecule has 0 saturated heterocycles. The molecular weight excluding hydrogens is 625 g/mol. The Kier molecular flexibility index (Phi) is 6.71. The minimum atomic E-state index is 1.08. The second-order valence-corrected chi connectivity index (χ2v) is 13.9. The molecule has 3 heteroatoms. The molecule has 10 rings (SSSR count). The first-order valence-electron chi connectivity index (χ1n) is 17.0. The molecule has 0 bridgehead atoms. The maximum Gasteiger partial charge on any atom is 0.0888 e. The van der Waals surface area contributed by atoms with Gasteiger partial charge in [-0.1, -0.05) is 121 Å². The normalized spacial score (nSPS) is 11.6. The van der Waals surface area contributed by atoms with Crippen molar-refractivity contribution >= 4 is 81.0 Å². The van der Waals surface area contributed by atoms with Crippen LogP contribution in [-0.2, 0) is 0 Å². The van der Waals surface area contributed by atoms with Gasteiger partial charge in [-0.25, -0.2) is 0 Å². The van der Waals surface area contributed by atoms with Crippen LogP contribution in [0.3, 0.4) is 0 Å². The van der Waals surface area contributed by atoms with Gasteiger partial charge in [-0.2, -0.15) is 0 Å². The van der Waals surface area contributed by atoms with Crippen LogP contribution in [0, 0.1) is 0 Å². The number of benzene rings is 8. The molecule has 0 amide bonds. The van der Waals surface area contributed by atoms with E-state index in [1.165, 1.54) is 69.4 Å². The third-order valence-corrected chi connectivity index (χ3v) is 11.0. The van der Waals surface area contributed by atoms with Gasteiger partial charge in [0.1, 0.15) is 0 Å². The first-order chi connectivity index (χ1) is 24.8. The van der Waals surface area contributed by atoms with E-state index in [-0.39, 0.29) is 0 Å². The zero-order valence-electron chi connectivity index (χ0n) is 27.1. The number of aromatic nitrogens is 1. The van der Waals surface area contributed by atoms with E-state index in [4.69, 9.17) is 4.98 Å². The number of hydrogen-bond acceptors (Lipinski definition) is 3. The van der Waals surface area contributed by atoms with Gasteiger partial charge in [0.2, 0.25) is 0 Å². The van der Waals surface area contributed by atoms with Crippen molar-refractivity contribution in [2.45, 2.75) is 0 Å². The van der Waals surface area contributed by atoms with Crippen molar-refractivity contribution in [3.05, 3.63) is 182 Å². The van der Waals surface area contributed by atoms with E-state index in [9.17, 15) is 0 Å². The Labute approximate surface area is 294 Å². The lowest BCUT2D eigenvalue weighted by molar-refractivity contribution is 1.30. The molecule has 0 radical (unpaired) electrons. The molecule has 0 aliphatic heterocycles. The molecule has 10 aromatic rings. The van der Waals surface area contributed by atoms with Crippen LogP contribution in [0.1, 0.15) is 0 Å². The second kappa shape index (κ2) is 11.7. The molecular formula is C47H30N2S. The van der Waals surface area contributed by atoms with Crippen LogP contribution in [-0.4, -0.2) is 4.98 Å². The first kappa shape index (κ1) is 28.7. The smallest absolute Gasteiger partial charge is 0.0888 e. The highest BCUT2D eigenvalue weighted by atomic mass is 32.1. The molecule has 0 aliphatic rings. The van der Waals surface area contributed by atoms with Crippen molar-refractivity contribution in [3.63, 3.8) is 0 Å². The third kappa shape index (κ3) is 4.74. The molecule has 0 saturated carbocycles. The maximum atomic E-state index is 4.70. The fourth-order valence-corrected chi connectivity index (χ4v) is 8.51. The molecule has 0 fully saturated rings. The van der Waals surface area contributed by atoms with Crippen molar-refractivity contribution in [3.8, 4) is 22.3 Å². The van der Waals surface area contributed by atoms with Crippen LogP contribution in [0.2, 0.25) is 0 Å². The monoisotopic (exact) mass is 654 g/mol. The summed E-state index contributed by atoms with van der Waals surface area (Å²) >= 11 is 1.80. The van der Waals surface area contributed by atoms with Gasteiger partial charge >= 0.3 is 0 Å². The van der Waals surface area contributed by atoms with Crippen LogP contribution in [0.4, 0.5) is 17.1 Å².